The number of hydrogen-bond donors (Lipinski definition) is 1. The molecule has 0 atom stereocenters. The number of rotatable bonds is 1. The van der Waals surface area contributed by atoms with Gasteiger partial charge >= 0.3 is 0 Å². The van der Waals surface area contributed by atoms with E-state index in [1.54, 1.807) is 0 Å². The Bertz CT molecular complexity index is 133. The van der Waals surface area contributed by atoms with Crippen LogP contribution in [0.5, 0.6) is 0 Å². The summed E-state index contributed by atoms with van der Waals surface area (Å²) in [6.07, 6.45) is 0. The molecule has 0 aromatic carbocycles. The average molecular weight is 126 g/mol. The van der Waals surface area contributed by atoms with Crippen molar-refractivity contribution in [3.8, 4) is 0 Å². The van der Waals surface area contributed by atoms with E-state index < -0.39 is 0 Å². The van der Waals surface area contributed by atoms with Gasteiger partial charge in [0.25, 0.3) is 0 Å². The summed E-state index contributed by atoms with van der Waals surface area (Å²) in [6, 6.07) is 0. The van der Waals surface area contributed by atoms with Crippen LogP contribution in [0.1, 0.15) is 20.8 Å². The fourth-order valence-corrected chi connectivity index (χ4v) is 0.558. The third-order valence-corrected chi connectivity index (χ3v) is 1.28. The summed E-state index contributed by atoms with van der Waals surface area (Å²) in [4.78, 5) is 0. The van der Waals surface area contributed by atoms with E-state index in [1.165, 1.54) is 0 Å². The lowest BCUT2D eigenvalue weighted by Crippen LogP contribution is -2.11. The molecule has 0 unspecified atom stereocenters. The zero-order chi connectivity index (χ0) is 7.49. The Morgan fingerprint density at radius 3 is 2.00 bits per heavy atom. The van der Waals surface area contributed by atoms with Gasteiger partial charge in [0.1, 0.15) is 0 Å². The normalized spacial score (nSPS) is 10.7. The molecule has 0 aliphatic rings. The lowest BCUT2D eigenvalue weighted by atomic mass is 9.88. The molecule has 0 aromatic rings. The summed E-state index contributed by atoms with van der Waals surface area (Å²) in [5.74, 6) is 0. The zero-order valence-corrected chi connectivity index (χ0v) is 6.36. The van der Waals surface area contributed by atoms with E-state index >= 15 is 0 Å². The third kappa shape index (κ3) is 2.50. The summed E-state index contributed by atoms with van der Waals surface area (Å²) in [6.45, 7) is 9.61. The SMILES string of the molecule is C=C=C(CO)C(C)(C)C. The average Bonchev–Trinajstić information content (AvgIpc) is 1.65. The predicted octanol–water partition coefficient (Wildman–Crippen LogP) is 1.74. The molecule has 0 bridgehead atoms. The van der Waals surface area contributed by atoms with E-state index in [-0.39, 0.29) is 12.0 Å². The predicted molar refractivity (Wildman–Crippen MR) is 39.2 cm³/mol. The molecule has 1 N–H and O–H groups in total. The minimum Gasteiger partial charge on any atom is -0.391 e. The molecular formula is C8H14O. The van der Waals surface area contributed by atoms with Crippen LogP contribution in [-0.4, -0.2) is 11.7 Å². The first-order valence-electron chi connectivity index (χ1n) is 3.02. The second-order valence-electron chi connectivity index (χ2n) is 3.06. The molecule has 52 valence electrons. The minimum atomic E-state index is 0.0104. The monoisotopic (exact) mass is 126 g/mol. The fraction of sp³-hybridized carbons (Fsp3) is 0.625. The topological polar surface area (TPSA) is 20.2 Å². The highest BCUT2D eigenvalue weighted by Gasteiger charge is 2.14. The van der Waals surface area contributed by atoms with E-state index in [9.17, 15) is 0 Å². The maximum Gasteiger partial charge on any atom is 0.0720 e. The van der Waals surface area contributed by atoms with Crippen LogP contribution in [0.4, 0.5) is 0 Å². The second-order valence-corrected chi connectivity index (χ2v) is 3.06. The standard InChI is InChI=1S/C8H14O/c1-5-7(6-9)8(2,3)4/h9H,1,6H2,2-4H3. The van der Waals surface area contributed by atoms with Gasteiger partial charge in [-0.1, -0.05) is 27.4 Å². The molecule has 0 radical (unpaired) electrons. The lowest BCUT2D eigenvalue weighted by Gasteiger charge is -2.18. The van der Waals surface area contributed by atoms with Gasteiger partial charge in [-0.15, -0.1) is 5.73 Å². The zero-order valence-electron chi connectivity index (χ0n) is 6.36. The smallest absolute Gasteiger partial charge is 0.0720 e. The van der Waals surface area contributed by atoms with E-state index in [4.69, 9.17) is 5.11 Å². The van der Waals surface area contributed by atoms with Gasteiger partial charge in [-0.3, -0.25) is 0 Å². The third-order valence-electron chi connectivity index (χ3n) is 1.28. The van der Waals surface area contributed by atoms with Gasteiger partial charge in [0, 0.05) is 5.57 Å². The molecule has 0 spiro atoms. The van der Waals surface area contributed by atoms with Crippen molar-refractivity contribution >= 4 is 0 Å². The summed E-state index contributed by atoms with van der Waals surface area (Å²) in [5, 5.41) is 8.72. The van der Waals surface area contributed by atoms with E-state index in [0.29, 0.717) is 0 Å². The van der Waals surface area contributed by atoms with Crippen LogP contribution < -0.4 is 0 Å². The van der Waals surface area contributed by atoms with E-state index in [0.717, 1.165) is 5.57 Å². The molecule has 0 aliphatic heterocycles. The van der Waals surface area contributed by atoms with Crippen LogP contribution in [0.25, 0.3) is 0 Å². The fourth-order valence-electron chi connectivity index (χ4n) is 0.558. The van der Waals surface area contributed by atoms with Gasteiger partial charge in [-0.2, -0.15) is 0 Å². The summed E-state index contributed by atoms with van der Waals surface area (Å²) in [5.41, 5.74) is 3.58. The summed E-state index contributed by atoms with van der Waals surface area (Å²) in [7, 11) is 0. The largest absolute Gasteiger partial charge is 0.391 e. The Morgan fingerprint density at radius 2 is 2.00 bits per heavy atom. The molecule has 0 heterocycles. The first-order chi connectivity index (χ1) is 4.02. The van der Waals surface area contributed by atoms with Gasteiger partial charge in [0.15, 0.2) is 0 Å². The highest BCUT2D eigenvalue weighted by molar-refractivity contribution is 5.08. The molecule has 0 fully saturated rings. The van der Waals surface area contributed by atoms with Crippen LogP contribution in [0.2, 0.25) is 0 Å². The van der Waals surface area contributed by atoms with Gasteiger partial charge < -0.3 is 5.11 Å². The van der Waals surface area contributed by atoms with Crippen LogP contribution in [0, 0.1) is 5.41 Å². The molecule has 0 saturated heterocycles. The Balaban J connectivity index is 4.33. The van der Waals surface area contributed by atoms with Crippen molar-refractivity contribution in [2.75, 3.05) is 6.61 Å². The Kier molecular flexibility index (Phi) is 2.69. The van der Waals surface area contributed by atoms with Gasteiger partial charge in [-0.05, 0) is 5.41 Å². The van der Waals surface area contributed by atoms with Gasteiger partial charge in [0.05, 0.1) is 6.61 Å². The quantitative estimate of drug-likeness (QED) is 0.530. The first-order valence-corrected chi connectivity index (χ1v) is 3.02. The highest BCUT2D eigenvalue weighted by Crippen LogP contribution is 2.22. The Labute approximate surface area is 56.7 Å². The van der Waals surface area contributed by atoms with Crippen LogP contribution >= 0.6 is 0 Å². The Hall–Kier alpha value is -0.520. The first kappa shape index (κ1) is 8.48. The molecule has 0 aromatic heterocycles. The minimum absolute atomic E-state index is 0.0104. The van der Waals surface area contributed by atoms with Crippen molar-refractivity contribution < 1.29 is 5.11 Å². The maximum atomic E-state index is 8.72. The molecule has 0 amide bonds. The lowest BCUT2D eigenvalue weighted by molar-refractivity contribution is 0.296. The van der Waals surface area contributed by atoms with Gasteiger partial charge in [-0.25, -0.2) is 0 Å². The number of aliphatic hydroxyl groups excluding tert-OH is 1. The van der Waals surface area contributed by atoms with Crippen molar-refractivity contribution in [3.63, 3.8) is 0 Å². The summed E-state index contributed by atoms with van der Waals surface area (Å²) >= 11 is 0. The van der Waals surface area contributed by atoms with Crippen molar-refractivity contribution in [1.82, 2.24) is 0 Å². The van der Waals surface area contributed by atoms with Crippen LogP contribution in [0.3, 0.4) is 0 Å². The van der Waals surface area contributed by atoms with Crippen molar-refractivity contribution in [2.45, 2.75) is 20.8 Å². The van der Waals surface area contributed by atoms with Crippen LogP contribution in [0.15, 0.2) is 17.9 Å². The molecule has 0 saturated carbocycles. The molecule has 0 aliphatic carbocycles. The number of hydrogen-bond acceptors (Lipinski definition) is 1. The van der Waals surface area contributed by atoms with Crippen LogP contribution in [-0.2, 0) is 0 Å². The second kappa shape index (κ2) is 2.86. The molecule has 1 nitrogen and oxygen atoms in total. The summed E-state index contributed by atoms with van der Waals surface area (Å²) < 4.78 is 0. The van der Waals surface area contributed by atoms with Crippen molar-refractivity contribution in [1.29, 1.82) is 0 Å². The van der Waals surface area contributed by atoms with E-state index in [2.05, 4.69) is 12.3 Å². The maximum absolute atomic E-state index is 8.72. The highest BCUT2D eigenvalue weighted by atomic mass is 16.3. The molecular weight excluding hydrogens is 112 g/mol. The number of aliphatic hydroxyl groups is 1. The molecule has 9 heavy (non-hydrogen) atoms. The Morgan fingerprint density at radius 1 is 1.56 bits per heavy atom. The van der Waals surface area contributed by atoms with E-state index in [1.807, 2.05) is 20.8 Å². The molecule has 1 heteroatoms. The van der Waals surface area contributed by atoms with Gasteiger partial charge in [0.2, 0.25) is 0 Å². The van der Waals surface area contributed by atoms with Crippen molar-refractivity contribution in [3.05, 3.63) is 17.9 Å². The molecule has 0 rings (SSSR count). The van der Waals surface area contributed by atoms with Crippen molar-refractivity contribution in [2.24, 2.45) is 5.41 Å².